The van der Waals surface area contributed by atoms with E-state index in [-0.39, 0.29) is 13.0 Å². The lowest BCUT2D eigenvalue weighted by Gasteiger charge is -2.11. The number of allylic oxidation sites excluding steroid dienone is 1. The van der Waals surface area contributed by atoms with Crippen molar-refractivity contribution in [3.63, 3.8) is 0 Å². The monoisotopic (exact) mass is 380 g/mol. The summed E-state index contributed by atoms with van der Waals surface area (Å²) in [6, 6.07) is 0. The highest BCUT2D eigenvalue weighted by Gasteiger charge is 2.21. The Morgan fingerprint density at radius 1 is 0.778 bits per heavy atom. The van der Waals surface area contributed by atoms with Crippen LogP contribution in [0.3, 0.4) is 0 Å². The zero-order chi connectivity index (χ0) is 20.2. The first-order chi connectivity index (χ1) is 13.1. The average Bonchev–Trinajstić information content (AvgIpc) is 2.65. The lowest BCUT2D eigenvalue weighted by Crippen LogP contribution is -2.19. The molecule has 1 unspecified atom stereocenters. The SMILES string of the molecule is C=CCCCCCCCCCCCCCCC(CC(=O)OCC=C)C(=O)O. The molecule has 0 aliphatic carbocycles. The van der Waals surface area contributed by atoms with E-state index in [0.717, 1.165) is 25.7 Å². The van der Waals surface area contributed by atoms with Crippen LogP contribution >= 0.6 is 0 Å². The molecule has 0 aromatic carbocycles. The maximum absolute atomic E-state index is 11.5. The van der Waals surface area contributed by atoms with Crippen LogP contribution in [0.15, 0.2) is 25.3 Å². The minimum absolute atomic E-state index is 0.0449. The highest BCUT2D eigenvalue weighted by Crippen LogP contribution is 2.17. The van der Waals surface area contributed by atoms with Crippen molar-refractivity contribution in [2.75, 3.05) is 6.61 Å². The van der Waals surface area contributed by atoms with E-state index >= 15 is 0 Å². The molecule has 0 amide bonds. The van der Waals surface area contributed by atoms with E-state index in [2.05, 4.69) is 13.2 Å². The van der Waals surface area contributed by atoms with Crippen LogP contribution in [0.1, 0.15) is 96.3 Å². The molecule has 0 aromatic heterocycles. The predicted molar refractivity (Wildman–Crippen MR) is 112 cm³/mol. The summed E-state index contributed by atoms with van der Waals surface area (Å²) in [5.41, 5.74) is 0. The number of ether oxygens (including phenoxy) is 1. The zero-order valence-electron chi connectivity index (χ0n) is 17.1. The number of carboxylic acids is 1. The zero-order valence-corrected chi connectivity index (χ0v) is 17.1. The third-order valence-corrected chi connectivity index (χ3v) is 4.84. The van der Waals surface area contributed by atoms with Crippen molar-refractivity contribution in [1.29, 1.82) is 0 Å². The number of rotatable bonds is 20. The van der Waals surface area contributed by atoms with Crippen LogP contribution in [-0.2, 0) is 14.3 Å². The van der Waals surface area contributed by atoms with E-state index in [9.17, 15) is 14.7 Å². The van der Waals surface area contributed by atoms with E-state index in [1.54, 1.807) is 0 Å². The number of hydrogen-bond acceptors (Lipinski definition) is 3. The summed E-state index contributed by atoms with van der Waals surface area (Å²) >= 11 is 0. The van der Waals surface area contributed by atoms with Gasteiger partial charge in [0.15, 0.2) is 0 Å². The Balaban J connectivity index is 3.49. The van der Waals surface area contributed by atoms with Crippen LogP contribution in [0, 0.1) is 5.92 Å². The first kappa shape index (κ1) is 25.4. The molecule has 0 aliphatic heterocycles. The molecule has 1 atom stereocenters. The molecule has 0 aromatic rings. The van der Waals surface area contributed by atoms with Crippen LogP contribution in [0.25, 0.3) is 0 Å². The highest BCUT2D eigenvalue weighted by molar-refractivity contribution is 5.78. The van der Waals surface area contributed by atoms with Gasteiger partial charge in [-0.3, -0.25) is 9.59 Å². The summed E-state index contributed by atoms with van der Waals surface area (Å²) in [5.74, 6) is -1.99. The van der Waals surface area contributed by atoms with Gasteiger partial charge in [-0.15, -0.1) is 6.58 Å². The fourth-order valence-corrected chi connectivity index (χ4v) is 3.17. The normalized spacial score (nSPS) is 11.7. The molecule has 0 fully saturated rings. The van der Waals surface area contributed by atoms with Crippen LogP contribution in [0.5, 0.6) is 0 Å². The second kappa shape index (κ2) is 19.2. The number of carbonyl (C=O) groups excluding carboxylic acids is 1. The molecule has 0 spiro atoms. The number of hydrogen-bond donors (Lipinski definition) is 1. The molecule has 0 bridgehead atoms. The van der Waals surface area contributed by atoms with Gasteiger partial charge in [-0.2, -0.15) is 0 Å². The first-order valence-electron chi connectivity index (χ1n) is 10.7. The fraction of sp³-hybridized carbons (Fsp3) is 0.739. The van der Waals surface area contributed by atoms with Gasteiger partial charge in [0, 0.05) is 0 Å². The predicted octanol–water partition coefficient (Wildman–Crippen LogP) is 6.45. The van der Waals surface area contributed by atoms with Gasteiger partial charge in [-0.05, 0) is 19.3 Å². The number of carbonyl (C=O) groups is 2. The Bertz CT molecular complexity index is 403. The smallest absolute Gasteiger partial charge is 0.307 e. The van der Waals surface area contributed by atoms with E-state index in [1.165, 1.54) is 63.9 Å². The lowest BCUT2D eigenvalue weighted by molar-refractivity contribution is -0.151. The van der Waals surface area contributed by atoms with Gasteiger partial charge in [-0.1, -0.05) is 89.4 Å². The quantitative estimate of drug-likeness (QED) is 0.150. The second-order valence-electron chi connectivity index (χ2n) is 7.32. The summed E-state index contributed by atoms with van der Waals surface area (Å²) in [6.07, 6.45) is 19.9. The Hall–Kier alpha value is -1.58. The van der Waals surface area contributed by atoms with E-state index in [4.69, 9.17) is 4.74 Å². The van der Waals surface area contributed by atoms with Crippen molar-refractivity contribution < 1.29 is 19.4 Å². The second-order valence-corrected chi connectivity index (χ2v) is 7.32. The summed E-state index contributed by atoms with van der Waals surface area (Å²) in [7, 11) is 0. The summed E-state index contributed by atoms with van der Waals surface area (Å²) < 4.78 is 4.87. The maximum atomic E-state index is 11.5. The van der Waals surface area contributed by atoms with Crippen LogP contribution in [-0.4, -0.2) is 23.7 Å². The fourth-order valence-electron chi connectivity index (χ4n) is 3.17. The third kappa shape index (κ3) is 17.6. The van der Waals surface area contributed by atoms with Crippen LogP contribution in [0.4, 0.5) is 0 Å². The molecule has 0 rings (SSSR count). The molecule has 27 heavy (non-hydrogen) atoms. The molecule has 1 N–H and O–H groups in total. The number of esters is 1. The maximum Gasteiger partial charge on any atom is 0.307 e. The number of aliphatic carboxylic acids is 1. The topological polar surface area (TPSA) is 63.6 Å². The Labute approximate surface area is 166 Å². The number of carboxylic acid groups (broad SMARTS) is 1. The molecule has 4 heteroatoms. The van der Waals surface area contributed by atoms with Gasteiger partial charge in [-0.25, -0.2) is 0 Å². The molecule has 4 nitrogen and oxygen atoms in total. The number of unbranched alkanes of at least 4 members (excludes halogenated alkanes) is 12. The highest BCUT2D eigenvalue weighted by atomic mass is 16.5. The van der Waals surface area contributed by atoms with Crippen molar-refractivity contribution in [3.8, 4) is 0 Å². The summed E-state index contributed by atoms with van der Waals surface area (Å²) in [6.45, 7) is 7.35. The molecular formula is C23H40O4. The summed E-state index contributed by atoms with van der Waals surface area (Å²) in [5, 5.41) is 9.22. The largest absolute Gasteiger partial charge is 0.481 e. The van der Waals surface area contributed by atoms with E-state index < -0.39 is 17.9 Å². The van der Waals surface area contributed by atoms with Crippen molar-refractivity contribution in [3.05, 3.63) is 25.3 Å². The molecule has 0 radical (unpaired) electrons. The van der Waals surface area contributed by atoms with Crippen molar-refractivity contribution in [1.82, 2.24) is 0 Å². The summed E-state index contributed by atoms with van der Waals surface area (Å²) in [4.78, 5) is 22.8. The minimum atomic E-state index is -0.907. The lowest BCUT2D eigenvalue weighted by atomic mass is 9.97. The van der Waals surface area contributed by atoms with Crippen molar-refractivity contribution in [2.24, 2.45) is 5.92 Å². The van der Waals surface area contributed by atoms with Gasteiger partial charge in [0.1, 0.15) is 6.61 Å². The van der Waals surface area contributed by atoms with Gasteiger partial charge in [0.2, 0.25) is 0 Å². The molecule has 0 saturated heterocycles. The molecule has 0 heterocycles. The minimum Gasteiger partial charge on any atom is -0.481 e. The molecule has 156 valence electrons. The van der Waals surface area contributed by atoms with Crippen molar-refractivity contribution >= 4 is 11.9 Å². The van der Waals surface area contributed by atoms with Crippen LogP contribution in [0.2, 0.25) is 0 Å². The average molecular weight is 381 g/mol. The Morgan fingerprint density at radius 3 is 1.70 bits per heavy atom. The first-order valence-corrected chi connectivity index (χ1v) is 10.7. The Kier molecular flexibility index (Phi) is 18.1. The third-order valence-electron chi connectivity index (χ3n) is 4.84. The Morgan fingerprint density at radius 2 is 1.26 bits per heavy atom. The molecule has 0 aliphatic rings. The van der Waals surface area contributed by atoms with E-state index in [0.29, 0.717) is 6.42 Å². The van der Waals surface area contributed by atoms with Gasteiger partial charge in [0.25, 0.3) is 0 Å². The van der Waals surface area contributed by atoms with Gasteiger partial charge < -0.3 is 9.84 Å². The van der Waals surface area contributed by atoms with E-state index in [1.807, 2.05) is 6.08 Å². The molecular weight excluding hydrogens is 340 g/mol. The van der Waals surface area contributed by atoms with Gasteiger partial charge in [0.05, 0.1) is 12.3 Å². The standard InChI is InChI=1S/C23H40O4/c1-3-5-6-7-8-9-10-11-12-13-14-15-16-17-18-21(23(25)26)20-22(24)27-19-4-2/h3-4,21H,1-2,5-20H2,(H,25,26). The van der Waals surface area contributed by atoms with Crippen LogP contribution < -0.4 is 0 Å². The molecule has 0 saturated carbocycles. The van der Waals surface area contributed by atoms with Crippen molar-refractivity contribution in [2.45, 2.75) is 96.3 Å². The van der Waals surface area contributed by atoms with Gasteiger partial charge >= 0.3 is 11.9 Å².